The Morgan fingerprint density at radius 2 is 1.67 bits per heavy atom. The number of hydrogen-bond donors (Lipinski definition) is 0. The van der Waals surface area contributed by atoms with E-state index in [0.717, 1.165) is 0 Å². The van der Waals surface area contributed by atoms with E-state index in [2.05, 4.69) is 37.3 Å². The SMILES string of the molecule is Cc1ccc(/C=C/N(C)C)cc1. The quantitative estimate of drug-likeness (QED) is 0.644. The average Bonchev–Trinajstić information content (AvgIpc) is 2.03. The standard InChI is InChI=1S/C11H15N/c1-10-4-6-11(7-5-10)8-9-12(2)3/h4-9H,1-3H3/b9-8+. The van der Waals surface area contributed by atoms with Crippen molar-refractivity contribution in [2.24, 2.45) is 0 Å². The van der Waals surface area contributed by atoms with Crippen LogP contribution in [0.15, 0.2) is 30.5 Å². The molecule has 1 heteroatoms. The van der Waals surface area contributed by atoms with Crippen molar-refractivity contribution in [3.05, 3.63) is 41.6 Å². The van der Waals surface area contributed by atoms with Gasteiger partial charge in [0.15, 0.2) is 0 Å². The van der Waals surface area contributed by atoms with Gasteiger partial charge in [0.1, 0.15) is 0 Å². The van der Waals surface area contributed by atoms with Crippen LogP contribution in [0.5, 0.6) is 0 Å². The Bertz CT molecular complexity index is 257. The molecule has 0 atom stereocenters. The van der Waals surface area contributed by atoms with Crippen LogP contribution in [-0.4, -0.2) is 19.0 Å². The first-order valence-electron chi connectivity index (χ1n) is 4.10. The summed E-state index contributed by atoms with van der Waals surface area (Å²) in [5, 5.41) is 0. The van der Waals surface area contributed by atoms with E-state index >= 15 is 0 Å². The smallest absolute Gasteiger partial charge is 0.00556 e. The molecule has 0 aliphatic carbocycles. The highest BCUT2D eigenvalue weighted by Crippen LogP contribution is 2.04. The number of rotatable bonds is 2. The zero-order chi connectivity index (χ0) is 8.97. The van der Waals surface area contributed by atoms with Crippen LogP contribution in [-0.2, 0) is 0 Å². The van der Waals surface area contributed by atoms with Crippen molar-refractivity contribution in [1.82, 2.24) is 4.90 Å². The highest BCUT2D eigenvalue weighted by atomic mass is 15.0. The highest BCUT2D eigenvalue weighted by molar-refractivity contribution is 5.49. The Morgan fingerprint density at radius 3 is 2.17 bits per heavy atom. The van der Waals surface area contributed by atoms with Crippen LogP contribution in [0, 0.1) is 6.92 Å². The third-order valence-electron chi connectivity index (χ3n) is 1.64. The number of aryl methyl sites for hydroxylation is 1. The lowest BCUT2D eigenvalue weighted by Crippen LogP contribution is -1.99. The zero-order valence-corrected chi connectivity index (χ0v) is 7.91. The van der Waals surface area contributed by atoms with E-state index in [1.807, 2.05) is 25.2 Å². The molecule has 0 fully saturated rings. The summed E-state index contributed by atoms with van der Waals surface area (Å²) < 4.78 is 0. The topological polar surface area (TPSA) is 3.24 Å². The fourth-order valence-corrected chi connectivity index (χ4v) is 0.913. The molecule has 0 spiro atoms. The first-order chi connectivity index (χ1) is 5.68. The zero-order valence-electron chi connectivity index (χ0n) is 7.91. The van der Waals surface area contributed by atoms with E-state index in [-0.39, 0.29) is 0 Å². The van der Waals surface area contributed by atoms with Crippen molar-refractivity contribution in [1.29, 1.82) is 0 Å². The summed E-state index contributed by atoms with van der Waals surface area (Å²) in [5.74, 6) is 0. The van der Waals surface area contributed by atoms with Gasteiger partial charge in [-0.1, -0.05) is 29.8 Å². The molecule has 0 aromatic heterocycles. The second-order valence-corrected chi connectivity index (χ2v) is 3.19. The fourth-order valence-electron chi connectivity index (χ4n) is 0.913. The Labute approximate surface area is 74.3 Å². The molecule has 64 valence electrons. The first-order valence-corrected chi connectivity index (χ1v) is 4.10. The Morgan fingerprint density at radius 1 is 1.08 bits per heavy atom. The molecule has 0 saturated heterocycles. The maximum absolute atomic E-state index is 2.12. The van der Waals surface area contributed by atoms with Crippen molar-refractivity contribution in [3.8, 4) is 0 Å². The molecule has 0 unspecified atom stereocenters. The van der Waals surface area contributed by atoms with Crippen LogP contribution in [0.25, 0.3) is 6.08 Å². The summed E-state index contributed by atoms with van der Waals surface area (Å²) in [4.78, 5) is 2.03. The van der Waals surface area contributed by atoms with Gasteiger partial charge in [-0.15, -0.1) is 0 Å². The number of hydrogen-bond acceptors (Lipinski definition) is 1. The second kappa shape index (κ2) is 3.96. The van der Waals surface area contributed by atoms with Crippen LogP contribution < -0.4 is 0 Å². The van der Waals surface area contributed by atoms with E-state index < -0.39 is 0 Å². The van der Waals surface area contributed by atoms with Gasteiger partial charge in [-0.3, -0.25) is 0 Å². The lowest BCUT2D eigenvalue weighted by Gasteiger charge is -2.02. The molecule has 0 saturated carbocycles. The van der Waals surface area contributed by atoms with Gasteiger partial charge in [0.2, 0.25) is 0 Å². The van der Waals surface area contributed by atoms with Gasteiger partial charge >= 0.3 is 0 Å². The Hall–Kier alpha value is -1.24. The van der Waals surface area contributed by atoms with E-state index in [0.29, 0.717) is 0 Å². The van der Waals surface area contributed by atoms with Gasteiger partial charge in [0.05, 0.1) is 0 Å². The molecular weight excluding hydrogens is 146 g/mol. The van der Waals surface area contributed by atoms with Gasteiger partial charge < -0.3 is 4.90 Å². The molecule has 0 N–H and O–H groups in total. The number of nitrogens with zero attached hydrogens (tertiary/aromatic N) is 1. The van der Waals surface area contributed by atoms with Crippen molar-refractivity contribution in [2.45, 2.75) is 6.92 Å². The Kier molecular flexibility index (Phi) is 2.92. The third kappa shape index (κ3) is 2.79. The summed E-state index contributed by atoms with van der Waals surface area (Å²) >= 11 is 0. The molecule has 1 aromatic carbocycles. The van der Waals surface area contributed by atoms with Crippen molar-refractivity contribution in [2.75, 3.05) is 14.1 Å². The molecule has 0 aliphatic heterocycles. The maximum Gasteiger partial charge on any atom is 0.00556 e. The summed E-state index contributed by atoms with van der Waals surface area (Å²) in [5.41, 5.74) is 2.55. The third-order valence-corrected chi connectivity index (χ3v) is 1.64. The lowest BCUT2D eigenvalue weighted by atomic mass is 10.1. The van der Waals surface area contributed by atoms with Gasteiger partial charge in [-0.2, -0.15) is 0 Å². The van der Waals surface area contributed by atoms with Gasteiger partial charge in [0.25, 0.3) is 0 Å². The molecule has 0 heterocycles. The van der Waals surface area contributed by atoms with E-state index in [1.165, 1.54) is 11.1 Å². The maximum atomic E-state index is 2.12. The van der Waals surface area contributed by atoms with Crippen molar-refractivity contribution >= 4 is 6.08 Å². The first kappa shape index (κ1) is 8.85. The summed E-state index contributed by atoms with van der Waals surface area (Å²) in [6, 6.07) is 8.48. The predicted molar refractivity (Wildman–Crippen MR) is 53.9 cm³/mol. The second-order valence-electron chi connectivity index (χ2n) is 3.19. The Balaban J connectivity index is 2.71. The minimum absolute atomic E-state index is 1.24. The summed E-state index contributed by atoms with van der Waals surface area (Å²) in [6.07, 6.45) is 4.14. The highest BCUT2D eigenvalue weighted by Gasteiger charge is 1.85. The van der Waals surface area contributed by atoms with Crippen molar-refractivity contribution < 1.29 is 0 Å². The molecule has 1 aromatic rings. The largest absolute Gasteiger partial charge is 0.383 e. The molecule has 0 bridgehead atoms. The molecular formula is C11H15N. The van der Waals surface area contributed by atoms with Crippen molar-refractivity contribution in [3.63, 3.8) is 0 Å². The molecule has 12 heavy (non-hydrogen) atoms. The monoisotopic (exact) mass is 161 g/mol. The molecule has 0 radical (unpaired) electrons. The van der Waals surface area contributed by atoms with E-state index in [4.69, 9.17) is 0 Å². The lowest BCUT2D eigenvalue weighted by molar-refractivity contribution is 0.567. The minimum Gasteiger partial charge on any atom is -0.383 e. The fraction of sp³-hybridized carbons (Fsp3) is 0.273. The van der Waals surface area contributed by atoms with Crippen LogP contribution in [0.2, 0.25) is 0 Å². The molecule has 1 nitrogen and oxygen atoms in total. The molecule has 1 rings (SSSR count). The van der Waals surface area contributed by atoms with E-state index in [1.54, 1.807) is 0 Å². The van der Waals surface area contributed by atoms with Crippen LogP contribution in [0.4, 0.5) is 0 Å². The number of benzene rings is 1. The van der Waals surface area contributed by atoms with Gasteiger partial charge in [0, 0.05) is 14.1 Å². The predicted octanol–water partition coefficient (Wildman–Crippen LogP) is 2.53. The van der Waals surface area contributed by atoms with Gasteiger partial charge in [-0.25, -0.2) is 0 Å². The van der Waals surface area contributed by atoms with Crippen LogP contribution in [0.3, 0.4) is 0 Å². The van der Waals surface area contributed by atoms with Gasteiger partial charge in [-0.05, 0) is 24.8 Å². The van der Waals surface area contributed by atoms with Crippen LogP contribution in [0.1, 0.15) is 11.1 Å². The summed E-state index contributed by atoms with van der Waals surface area (Å²) in [7, 11) is 4.04. The normalized spacial score (nSPS) is 10.6. The van der Waals surface area contributed by atoms with Crippen LogP contribution >= 0.6 is 0 Å². The summed E-state index contributed by atoms with van der Waals surface area (Å²) in [6.45, 7) is 2.10. The molecule has 0 amide bonds. The molecule has 0 aliphatic rings. The minimum atomic E-state index is 1.24. The average molecular weight is 161 g/mol. The van der Waals surface area contributed by atoms with E-state index in [9.17, 15) is 0 Å².